The largest absolute Gasteiger partial charge is 0.478 e. The van der Waals surface area contributed by atoms with Gasteiger partial charge in [-0.1, -0.05) is 41.9 Å². The van der Waals surface area contributed by atoms with Crippen molar-refractivity contribution in [3.8, 4) is 0 Å². The lowest BCUT2D eigenvalue weighted by Gasteiger charge is -2.09. The van der Waals surface area contributed by atoms with Gasteiger partial charge in [-0.3, -0.25) is 4.79 Å². The standard InChI is InChI=1S/C16H14ClNO3/c17-12-7-8-13(16(20)21)14(10-12)18-15(19)9-6-11-4-2-1-3-5-11/h1-5,7-8,10H,6,9H2,(H,18,19)(H,20,21). The molecule has 0 atom stereocenters. The Labute approximate surface area is 127 Å². The summed E-state index contributed by atoms with van der Waals surface area (Å²) >= 11 is 5.83. The molecule has 21 heavy (non-hydrogen) atoms. The molecule has 0 aliphatic heterocycles. The predicted molar refractivity (Wildman–Crippen MR) is 81.8 cm³/mol. The van der Waals surface area contributed by atoms with Crippen LogP contribution in [0.15, 0.2) is 48.5 Å². The van der Waals surface area contributed by atoms with Crippen molar-refractivity contribution in [1.29, 1.82) is 0 Å². The number of carbonyl (C=O) groups excluding carboxylic acids is 1. The average molecular weight is 304 g/mol. The lowest BCUT2D eigenvalue weighted by Crippen LogP contribution is -2.15. The first kappa shape index (κ1) is 15.1. The second-order valence-corrected chi connectivity index (χ2v) is 4.97. The van der Waals surface area contributed by atoms with Crippen molar-refractivity contribution < 1.29 is 14.7 Å². The number of aryl methyl sites for hydroxylation is 1. The summed E-state index contributed by atoms with van der Waals surface area (Å²) in [5.74, 6) is -1.35. The molecule has 0 saturated carbocycles. The van der Waals surface area contributed by atoms with Gasteiger partial charge < -0.3 is 10.4 Å². The smallest absolute Gasteiger partial charge is 0.337 e. The van der Waals surface area contributed by atoms with E-state index in [0.717, 1.165) is 5.56 Å². The van der Waals surface area contributed by atoms with Gasteiger partial charge in [0.15, 0.2) is 0 Å². The average Bonchev–Trinajstić information content (AvgIpc) is 2.46. The summed E-state index contributed by atoms with van der Waals surface area (Å²) < 4.78 is 0. The van der Waals surface area contributed by atoms with Crippen LogP contribution in [-0.4, -0.2) is 17.0 Å². The zero-order chi connectivity index (χ0) is 15.2. The quantitative estimate of drug-likeness (QED) is 0.886. The summed E-state index contributed by atoms with van der Waals surface area (Å²) in [6.45, 7) is 0. The molecule has 2 rings (SSSR count). The Hall–Kier alpha value is -2.33. The van der Waals surface area contributed by atoms with Crippen LogP contribution in [0.3, 0.4) is 0 Å². The normalized spacial score (nSPS) is 10.1. The molecule has 0 heterocycles. The number of halogens is 1. The van der Waals surface area contributed by atoms with Gasteiger partial charge in [-0.05, 0) is 30.2 Å². The molecular formula is C16H14ClNO3. The predicted octanol–water partition coefficient (Wildman–Crippen LogP) is 3.61. The number of aromatic carboxylic acids is 1. The third-order valence-corrected chi connectivity index (χ3v) is 3.20. The van der Waals surface area contributed by atoms with Gasteiger partial charge in [-0.25, -0.2) is 4.79 Å². The van der Waals surface area contributed by atoms with Crippen LogP contribution < -0.4 is 5.32 Å². The molecule has 0 radical (unpaired) electrons. The molecule has 5 heteroatoms. The van der Waals surface area contributed by atoms with E-state index in [0.29, 0.717) is 11.4 Å². The summed E-state index contributed by atoms with van der Waals surface area (Å²) in [7, 11) is 0. The molecule has 108 valence electrons. The summed E-state index contributed by atoms with van der Waals surface area (Å²) in [6, 6.07) is 13.9. The lowest BCUT2D eigenvalue weighted by atomic mass is 10.1. The molecule has 0 aromatic heterocycles. The fourth-order valence-electron chi connectivity index (χ4n) is 1.92. The molecule has 0 spiro atoms. The van der Waals surface area contributed by atoms with Crippen LogP contribution in [0.1, 0.15) is 22.3 Å². The third kappa shape index (κ3) is 4.33. The highest BCUT2D eigenvalue weighted by Gasteiger charge is 2.13. The number of hydrogen-bond acceptors (Lipinski definition) is 2. The van der Waals surface area contributed by atoms with Crippen molar-refractivity contribution >= 4 is 29.2 Å². The van der Waals surface area contributed by atoms with Gasteiger partial charge in [0, 0.05) is 11.4 Å². The van der Waals surface area contributed by atoms with E-state index in [9.17, 15) is 9.59 Å². The van der Waals surface area contributed by atoms with Crippen molar-refractivity contribution in [2.45, 2.75) is 12.8 Å². The molecular weight excluding hydrogens is 290 g/mol. The maximum atomic E-state index is 11.9. The number of hydrogen-bond donors (Lipinski definition) is 2. The number of carbonyl (C=O) groups is 2. The number of anilines is 1. The Balaban J connectivity index is 2.02. The van der Waals surface area contributed by atoms with Crippen LogP contribution in [0.4, 0.5) is 5.69 Å². The fourth-order valence-corrected chi connectivity index (χ4v) is 2.09. The first-order valence-corrected chi connectivity index (χ1v) is 6.80. The van der Waals surface area contributed by atoms with E-state index in [1.165, 1.54) is 18.2 Å². The highest BCUT2D eigenvalue weighted by atomic mass is 35.5. The third-order valence-electron chi connectivity index (χ3n) is 2.97. The number of benzene rings is 2. The molecule has 0 unspecified atom stereocenters. The van der Waals surface area contributed by atoms with Crippen molar-refractivity contribution in [2.75, 3.05) is 5.32 Å². The fraction of sp³-hybridized carbons (Fsp3) is 0.125. The van der Waals surface area contributed by atoms with Gasteiger partial charge >= 0.3 is 5.97 Å². The van der Waals surface area contributed by atoms with E-state index < -0.39 is 5.97 Å². The van der Waals surface area contributed by atoms with Crippen LogP contribution in [0.5, 0.6) is 0 Å². The molecule has 0 aliphatic carbocycles. The summed E-state index contributed by atoms with van der Waals surface area (Å²) in [5, 5.41) is 12.1. The number of nitrogens with one attached hydrogen (secondary N) is 1. The minimum absolute atomic E-state index is 0.0208. The van der Waals surface area contributed by atoms with Gasteiger partial charge in [0.05, 0.1) is 11.3 Å². The maximum Gasteiger partial charge on any atom is 0.337 e. The Morgan fingerprint density at radius 1 is 1.10 bits per heavy atom. The number of carboxylic acid groups (broad SMARTS) is 1. The number of rotatable bonds is 5. The van der Waals surface area contributed by atoms with Crippen LogP contribution in [0.25, 0.3) is 0 Å². The lowest BCUT2D eigenvalue weighted by molar-refractivity contribution is -0.116. The molecule has 2 aromatic rings. The van der Waals surface area contributed by atoms with E-state index in [-0.39, 0.29) is 23.6 Å². The van der Waals surface area contributed by atoms with E-state index >= 15 is 0 Å². The minimum atomic E-state index is -1.11. The topological polar surface area (TPSA) is 66.4 Å². The van der Waals surface area contributed by atoms with E-state index in [1.54, 1.807) is 0 Å². The molecule has 1 amide bonds. The van der Waals surface area contributed by atoms with E-state index in [2.05, 4.69) is 5.32 Å². The first-order valence-electron chi connectivity index (χ1n) is 6.43. The Morgan fingerprint density at radius 2 is 1.81 bits per heavy atom. The second-order valence-electron chi connectivity index (χ2n) is 4.53. The zero-order valence-electron chi connectivity index (χ0n) is 11.2. The van der Waals surface area contributed by atoms with Gasteiger partial charge in [0.1, 0.15) is 0 Å². The van der Waals surface area contributed by atoms with E-state index in [1.807, 2.05) is 30.3 Å². The molecule has 2 aromatic carbocycles. The van der Waals surface area contributed by atoms with Crippen molar-refractivity contribution in [3.63, 3.8) is 0 Å². The van der Waals surface area contributed by atoms with E-state index in [4.69, 9.17) is 16.7 Å². The number of amides is 1. The SMILES string of the molecule is O=C(CCc1ccccc1)Nc1cc(Cl)ccc1C(=O)O. The van der Waals surface area contributed by atoms with Crippen LogP contribution in [0, 0.1) is 0 Å². The highest BCUT2D eigenvalue weighted by molar-refractivity contribution is 6.31. The van der Waals surface area contributed by atoms with Gasteiger partial charge in [0.2, 0.25) is 5.91 Å². The highest BCUT2D eigenvalue weighted by Crippen LogP contribution is 2.21. The minimum Gasteiger partial charge on any atom is -0.478 e. The Kier molecular flexibility index (Phi) is 4.95. The van der Waals surface area contributed by atoms with Crippen LogP contribution in [0.2, 0.25) is 5.02 Å². The molecule has 0 bridgehead atoms. The van der Waals surface area contributed by atoms with Crippen molar-refractivity contribution in [2.24, 2.45) is 0 Å². The van der Waals surface area contributed by atoms with Crippen LogP contribution >= 0.6 is 11.6 Å². The van der Waals surface area contributed by atoms with Gasteiger partial charge in [-0.15, -0.1) is 0 Å². The van der Waals surface area contributed by atoms with Crippen molar-refractivity contribution in [1.82, 2.24) is 0 Å². The Morgan fingerprint density at radius 3 is 2.48 bits per heavy atom. The van der Waals surface area contributed by atoms with Crippen molar-refractivity contribution in [3.05, 3.63) is 64.7 Å². The zero-order valence-corrected chi connectivity index (χ0v) is 11.9. The summed E-state index contributed by atoms with van der Waals surface area (Å²) in [4.78, 5) is 23.0. The maximum absolute atomic E-state index is 11.9. The molecule has 0 saturated heterocycles. The monoisotopic (exact) mass is 303 g/mol. The first-order chi connectivity index (χ1) is 10.1. The molecule has 0 fully saturated rings. The second kappa shape index (κ2) is 6.90. The Bertz CT molecular complexity index is 656. The number of carboxylic acids is 1. The molecule has 2 N–H and O–H groups in total. The van der Waals surface area contributed by atoms with Gasteiger partial charge in [-0.2, -0.15) is 0 Å². The van der Waals surface area contributed by atoms with Gasteiger partial charge in [0.25, 0.3) is 0 Å². The molecule has 0 aliphatic rings. The molecule has 4 nitrogen and oxygen atoms in total. The summed E-state index contributed by atoms with van der Waals surface area (Å²) in [6.07, 6.45) is 0.866. The summed E-state index contributed by atoms with van der Waals surface area (Å²) in [5.41, 5.74) is 1.29. The van der Waals surface area contributed by atoms with Crippen LogP contribution in [-0.2, 0) is 11.2 Å².